The van der Waals surface area contributed by atoms with Crippen molar-refractivity contribution in [1.82, 2.24) is 5.32 Å². The summed E-state index contributed by atoms with van der Waals surface area (Å²) in [5, 5.41) is 3.48. The fraction of sp³-hybridized carbons (Fsp3) is 0.625. The highest BCUT2D eigenvalue weighted by molar-refractivity contribution is 5.49. The predicted octanol–water partition coefficient (Wildman–Crippen LogP) is 3.59. The molecule has 1 aliphatic rings. The highest BCUT2D eigenvalue weighted by Gasteiger charge is 2.16. The number of hydrogen-bond acceptors (Lipinski definition) is 2. The zero-order valence-corrected chi connectivity index (χ0v) is 11.9. The second-order valence-electron chi connectivity index (χ2n) is 5.54. The molecule has 2 rings (SSSR count). The van der Waals surface area contributed by atoms with Crippen molar-refractivity contribution in [2.45, 2.75) is 39.7 Å². The lowest BCUT2D eigenvalue weighted by molar-refractivity contribution is 0.438. The summed E-state index contributed by atoms with van der Waals surface area (Å²) in [6.45, 7) is 10.2. The first-order valence-corrected chi connectivity index (χ1v) is 7.29. The van der Waals surface area contributed by atoms with E-state index in [1.54, 1.807) is 0 Å². The average Bonchev–Trinajstić information content (AvgIpc) is 2.40. The molecule has 2 heteroatoms. The van der Waals surface area contributed by atoms with E-state index in [-0.39, 0.29) is 0 Å². The molecule has 1 aromatic rings. The van der Waals surface area contributed by atoms with Crippen LogP contribution in [0, 0.1) is 5.92 Å². The van der Waals surface area contributed by atoms with Gasteiger partial charge in [-0.25, -0.2) is 0 Å². The maximum absolute atomic E-state index is 3.48. The third kappa shape index (κ3) is 3.26. The topological polar surface area (TPSA) is 15.3 Å². The zero-order chi connectivity index (χ0) is 13.0. The fourth-order valence-corrected chi connectivity index (χ4v) is 2.68. The van der Waals surface area contributed by atoms with Crippen LogP contribution in [0.25, 0.3) is 0 Å². The molecule has 0 radical (unpaired) electrons. The van der Waals surface area contributed by atoms with E-state index in [0.29, 0.717) is 6.04 Å². The number of nitrogens with zero attached hydrogens (tertiary/aromatic N) is 1. The number of anilines is 1. The minimum absolute atomic E-state index is 0.443. The van der Waals surface area contributed by atoms with Crippen LogP contribution in [0.15, 0.2) is 24.3 Å². The van der Waals surface area contributed by atoms with E-state index < -0.39 is 0 Å². The SMILES string of the molecule is CCNC(C)c1cccc(N2CCC(C)CC2)c1. The van der Waals surface area contributed by atoms with Gasteiger partial charge in [0.05, 0.1) is 0 Å². The molecule has 0 aliphatic carbocycles. The molecule has 1 fully saturated rings. The number of nitrogens with one attached hydrogen (secondary N) is 1. The molecule has 0 amide bonds. The summed E-state index contributed by atoms with van der Waals surface area (Å²) in [6, 6.07) is 9.46. The molecule has 0 spiro atoms. The van der Waals surface area contributed by atoms with Crippen LogP contribution >= 0.6 is 0 Å². The third-order valence-corrected chi connectivity index (χ3v) is 4.03. The summed E-state index contributed by atoms with van der Waals surface area (Å²) in [5.74, 6) is 0.894. The molecular formula is C16H26N2. The smallest absolute Gasteiger partial charge is 0.0369 e. The van der Waals surface area contributed by atoms with Gasteiger partial charge in [0.1, 0.15) is 0 Å². The van der Waals surface area contributed by atoms with Crippen LogP contribution in [-0.2, 0) is 0 Å². The third-order valence-electron chi connectivity index (χ3n) is 4.03. The fourth-order valence-electron chi connectivity index (χ4n) is 2.68. The quantitative estimate of drug-likeness (QED) is 0.873. The van der Waals surface area contributed by atoms with Gasteiger partial charge in [-0.3, -0.25) is 0 Å². The van der Waals surface area contributed by atoms with Crippen LogP contribution in [0.4, 0.5) is 5.69 Å². The number of piperidine rings is 1. The van der Waals surface area contributed by atoms with Crippen molar-refractivity contribution in [2.75, 3.05) is 24.5 Å². The van der Waals surface area contributed by atoms with Gasteiger partial charge in [-0.1, -0.05) is 26.0 Å². The van der Waals surface area contributed by atoms with E-state index in [4.69, 9.17) is 0 Å². The molecule has 1 saturated heterocycles. The number of hydrogen-bond donors (Lipinski definition) is 1. The zero-order valence-electron chi connectivity index (χ0n) is 11.9. The summed E-state index contributed by atoms with van der Waals surface area (Å²) < 4.78 is 0. The monoisotopic (exact) mass is 246 g/mol. The lowest BCUT2D eigenvalue weighted by atomic mass is 9.98. The summed E-state index contributed by atoms with van der Waals surface area (Å²) in [5.41, 5.74) is 2.79. The van der Waals surface area contributed by atoms with Crippen molar-refractivity contribution in [3.8, 4) is 0 Å². The summed E-state index contributed by atoms with van der Waals surface area (Å²) in [7, 11) is 0. The molecule has 1 N–H and O–H groups in total. The van der Waals surface area contributed by atoms with Gasteiger partial charge in [0.15, 0.2) is 0 Å². The van der Waals surface area contributed by atoms with E-state index in [0.717, 1.165) is 12.5 Å². The first kappa shape index (κ1) is 13.4. The van der Waals surface area contributed by atoms with Gasteiger partial charge < -0.3 is 10.2 Å². The summed E-state index contributed by atoms with van der Waals surface area (Å²) in [6.07, 6.45) is 2.65. The maximum atomic E-state index is 3.48. The molecule has 0 bridgehead atoms. The van der Waals surface area contributed by atoms with Gasteiger partial charge in [-0.15, -0.1) is 0 Å². The average molecular weight is 246 g/mol. The van der Waals surface area contributed by atoms with E-state index in [1.165, 1.54) is 37.2 Å². The van der Waals surface area contributed by atoms with Gasteiger partial charge in [0.25, 0.3) is 0 Å². The maximum Gasteiger partial charge on any atom is 0.0369 e. The summed E-state index contributed by atoms with van der Waals surface area (Å²) >= 11 is 0. The van der Waals surface area contributed by atoms with Crippen molar-refractivity contribution >= 4 is 5.69 Å². The number of rotatable bonds is 4. The van der Waals surface area contributed by atoms with Crippen molar-refractivity contribution < 1.29 is 0 Å². The Bertz CT molecular complexity index is 367. The Kier molecular flexibility index (Phi) is 4.65. The Hall–Kier alpha value is -1.02. The van der Waals surface area contributed by atoms with E-state index in [9.17, 15) is 0 Å². The Labute approximate surface area is 111 Å². The normalized spacial score (nSPS) is 18.9. The predicted molar refractivity (Wildman–Crippen MR) is 79.1 cm³/mol. The lowest BCUT2D eigenvalue weighted by Gasteiger charge is -2.32. The second-order valence-corrected chi connectivity index (χ2v) is 5.54. The van der Waals surface area contributed by atoms with Gasteiger partial charge in [0.2, 0.25) is 0 Å². The lowest BCUT2D eigenvalue weighted by Crippen LogP contribution is -2.32. The molecule has 0 aromatic heterocycles. The molecule has 18 heavy (non-hydrogen) atoms. The molecule has 1 heterocycles. The molecule has 1 aliphatic heterocycles. The molecule has 1 aromatic carbocycles. The van der Waals surface area contributed by atoms with Crippen LogP contribution in [0.3, 0.4) is 0 Å². The molecule has 0 saturated carbocycles. The molecule has 2 nitrogen and oxygen atoms in total. The molecule has 1 atom stereocenters. The minimum Gasteiger partial charge on any atom is -0.372 e. The Balaban J connectivity index is 2.07. The minimum atomic E-state index is 0.443. The van der Waals surface area contributed by atoms with Gasteiger partial charge in [-0.05, 0) is 49.9 Å². The van der Waals surface area contributed by atoms with Gasteiger partial charge >= 0.3 is 0 Å². The molecule has 100 valence electrons. The van der Waals surface area contributed by atoms with E-state index >= 15 is 0 Å². The van der Waals surface area contributed by atoms with Crippen LogP contribution in [0.5, 0.6) is 0 Å². The highest BCUT2D eigenvalue weighted by Crippen LogP contribution is 2.25. The standard InChI is InChI=1S/C16H26N2/c1-4-17-14(3)15-6-5-7-16(12-15)18-10-8-13(2)9-11-18/h5-7,12-14,17H,4,8-11H2,1-3H3. The van der Waals surface area contributed by atoms with Crippen LogP contribution in [0.2, 0.25) is 0 Å². The van der Waals surface area contributed by atoms with Crippen LogP contribution in [0.1, 0.15) is 45.2 Å². The Morgan fingerprint density at radius 2 is 2.06 bits per heavy atom. The molecule has 1 unspecified atom stereocenters. The highest BCUT2D eigenvalue weighted by atomic mass is 15.1. The van der Waals surface area contributed by atoms with Crippen LogP contribution < -0.4 is 10.2 Å². The Morgan fingerprint density at radius 1 is 1.33 bits per heavy atom. The van der Waals surface area contributed by atoms with Gasteiger partial charge in [-0.2, -0.15) is 0 Å². The van der Waals surface area contributed by atoms with E-state index in [2.05, 4.69) is 55.3 Å². The van der Waals surface area contributed by atoms with Crippen molar-refractivity contribution in [3.63, 3.8) is 0 Å². The largest absolute Gasteiger partial charge is 0.372 e. The van der Waals surface area contributed by atoms with Crippen molar-refractivity contribution in [1.29, 1.82) is 0 Å². The van der Waals surface area contributed by atoms with Crippen molar-refractivity contribution in [3.05, 3.63) is 29.8 Å². The Morgan fingerprint density at radius 3 is 2.72 bits per heavy atom. The van der Waals surface area contributed by atoms with Gasteiger partial charge in [0, 0.05) is 24.8 Å². The van der Waals surface area contributed by atoms with Crippen molar-refractivity contribution in [2.24, 2.45) is 5.92 Å². The number of benzene rings is 1. The summed E-state index contributed by atoms with van der Waals surface area (Å²) in [4.78, 5) is 2.53. The first-order valence-electron chi connectivity index (χ1n) is 7.29. The second kappa shape index (κ2) is 6.24. The van der Waals surface area contributed by atoms with E-state index in [1.807, 2.05) is 0 Å². The first-order chi connectivity index (χ1) is 8.70. The van der Waals surface area contributed by atoms with Crippen LogP contribution in [-0.4, -0.2) is 19.6 Å². The molecular weight excluding hydrogens is 220 g/mol.